The highest BCUT2D eigenvalue weighted by Gasteiger charge is 2.30. The Balaban J connectivity index is 2.30. The zero-order valence-electron chi connectivity index (χ0n) is 12.7. The molecule has 2 aromatic heterocycles. The second-order valence-electron chi connectivity index (χ2n) is 7.22. The molecular formula is C17H24N2. The van der Waals surface area contributed by atoms with Gasteiger partial charge in [-0.1, -0.05) is 34.6 Å². The molecule has 0 N–H and O–H groups in total. The lowest BCUT2D eigenvalue weighted by atomic mass is 9.84. The number of rotatable bonds is 1. The number of hydrogen-bond acceptors (Lipinski definition) is 1. The monoisotopic (exact) mass is 256 g/mol. The third kappa shape index (κ3) is 1.89. The average molecular weight is 256 g/mol. The lowest BCUT2D eigenvalue weighted by molar-refractivity contribution is 0.494. The first kappa shape index (κ1) is 12.7. The van der Waals surface area contributed by atoms with Crippen LogP contribution in [-0.4, -0.2) is 9.38 Å². The fourth-order valence-corrected chi connectivity index (χ4v) is 3.44. The summed E-state index contributed by atoms with van der Waals surface area (Å²) in [6, 6.07) is 2.44. The molecule has 1 unspecified atom stereocenters. The van der Waals surface area contributed by atoms with E-state index in [4.69, 9.17) is 0 Å². The number of aromatic nitrogens is 2. The maximum absolute atomic E-state index is 4.60. The first-order valence-electron chi connectivity index (χ1n) is 7.39. The maximum atomic E-state index is 4.60. The van der Waals surface area contributed by atoms with Crippen molar-refractivity contribution in [2.45, 2.75) is 58.8 Å². The number of nitrogens with zero attached hydrogens (tertiary/aromatic N) is 2. The fraction of sp³-hybridized carbons (Fsp3) is 0.588. The molecule has 0 bridgehead atoms. The molecule has 1 aliphatic carbocycles. The Kier molecular flexibility index (Phi) is 2.74. The predicted octanol–water partition coefficient (Wildman–Crippen LogP) is 4.32. The summed E-state index contributed by atoms with van der Waals surface area (Å²) in [7, 11) is 0. The standard InChI is InChI=1S/C17H24N2/c1-11(2)12-6-7-15-13(12)10-14(17(3,4)5)16-18-8-9-19(15)16/h8-12H,6-7H2,1-5H3. The lowest BCUT2D eigenvalue weighted by Gasteiger charge is -2.23. The van der Waals surface area contributed by atoms with Crippen LogP contribution in [0.5, 0.6) is 0 Å². The summed E-state index contributed by atoms with van der Waals surface area (Å²) in [6.07, 6.45) is 6.54. The molecule has 102 valence electrons. The normalized spacial score (nSPS) is 19.4. The molecule has 0 saturated carbocycles. The van der Waals surface area contributed by atoms with E-state index in [9.17, 15) is 0 Å². The van der Waals surface area contributed by atoms with E-state index in [1.165, 1.54) is 24.1 Å². The number of imidazole rings is 1. The van der Waals surface area contributed by atoms with Crippen molar-refractivity contribution < 1.29 is 0 Å². The van der Waals surface area contributed by atoms with E-state index in [0.29, 0.717) is 5.92 Å². The Morgan fingerprint density at radius 3 is 2.68 bits per heavy atom. The van der Waals surface area contributed by atoms with Crippen molar-refractivity contribution in [3.8, 4) is 0 Å². The van der Waals surface area contributed by atoms with Gasteiger partial charge in [0, 0.05) is 23.7 Å². The van der Waals surface area contributed by atoms with Gasteiger partial charge in [0.1, 0.15) is 5.65 Å². The van der Waals surface area contributed by atoms with Crippen LogP contribution >= 0.6 is 0 Å². The van der Waals surface area contributed by atoms with Crippen molar-refractivity contribution >= 4 is 5.65 Å². The summed E-state index contributed by atoms with van der Waals surface area (Å²) in [6.45, 7) is 11.5. The van der Waals surface area contributed by atoms with E-state index in [-0.39, 0.29) is 5.41 Å². The van der Waals surface area contributed by atoms with Crippen LogP contribution in [0.4, 0.5) is 0 Å². The van der Waals surface area contributed by atoms with Gasteiger partial charge in [-0.2, -0.15) is 0 Å². The van der Waals surface area contributed by atoms with Gasteiger partial charge in [-0.05, 0) is 41.7 Å². The fourth-order valence-electron chi connectivity index (χ4n) is 3.44. The minimum absolute atomic E-state index is 0.145. The number of fused-ring (bicyclic) bond motifs is 3. The van der Waals surface area contributed by atoms with E-state index in [0.717, 1.165) is 11.6 Å². The molecule has 0 amide bonds. The minimum Gasteiger partial charge on any atom is -0.304 e. The topological polar surface area (TPSA) is 17.3 Å². The Morgan fingerprint density at radius 2 is 2.05 bits per heavy atom. The van der Waals surface area contributed by atoms with E-state index >= 15 is 0 Å². The van der Waals surface area contributed by atoms with Crippen LogP contribution in [0.1, 0.15) is 63.8 Å². The average Bonchev–Trinajstić information content (AvgIpc) is 2.91. The Hall–Kier alpha value is -1.31. The van der Waals surface area contributed by atoms with Crippen molar-refractivity contribution in [3.63, 3.8) is 0 Å². The first-order valence-corrected chi connectivity index (χ1v) is 7.39. The SMILES string of the molecule is CC(C)C1CCc2c1cc(C(C)(C)C)c1nccn21. The summed E-state index contributed by atoms with van der Waals surface area (Å²) in [5.74, 6) is 1.43. The Morgan fingerprint density at radius 1 is 1.32 bits per heavy atom. The van der Waals surface area contributed by atoms with Gasteiger partial charge >= 0.3 is 0 Å². The van der Waals surface area contributed by atoms with Crippen LogP contribution in [0.15, 0.2) is 18.5 Å². The zero-order valence-corrected chi connectivity index (χ0v) is 12.7. The van der Waals surface area contributed by atoms with E-state index in [1.807, 2.05) is 6.20 Å². The molecular weight excluding hydrogens is 232 g/mol. The van der Waals surface area contributed by atoms with Gasteiger partial charge in [-0.15, -0.1) is 0 Å². The number of aryl methyl sites for hydroxylation is 1. The minimum atomic E-state index is 0.145. The molecule has 2 heteroatoms. The van der Waals surface area contributed by atoms with Gasteiger partial charge in [-0.3, -0.25) is 0 Å². The molecule has 2 aromatic rings. The highest BCUT2D eigenvalue weighted by atomic mass is 15.0. The largest absolute Gasteiger partial charge is 0.304 e. The van der Waals surface area contributed by atoms with Crippen LogP contribution in [0.25, 0.3) is 5.65 Å². The second kappa shape index (κ2) is 4.09. The van der Waals surface area contributed by atoms with Gasteiger partial charge < -0.3 is 4.40 Å². The van der Waals surface area contributed by atoms with Gasteiger partial charge in [0.15, 0.2) is 0 Å². The van der Waals surface area contributed by atoms with Gasteiger partial charge in [0.05, 0.1) is 0 Å². The van der Waals surface area contributed by atoms with Crippen molar-refractivity contribution in [2.75, 3.05) is 0 Å². The number of pyridine rings is 1. The first-order chi connectivity index (χ1) is 8.89. The molecule has 0 radical (unpaired) electrons. The maximum Gasteiger partial charge on any atom is 0.140 e. The van der Waals surface area contributed by atoms with E-state index in [2.05, 4.69) is 56.3 Å². The predicted molar refractivity (Wildman–Crippen MR) is 79.8 cm³/mol. The molecule has 2 heterocycles. The molecule has 2 nitrogen and oxygen atoms in total. The van der Waals surface area contributed by atoms with Crippen LogP contribution in [0.2, 0.25) is 0 Å². The quantitative estimate of drug-likeness (QED) is 0.743. The molecule has 0 fully saturated rings. The molecule has 0 aliphatic heterocycles. The van der Waals surface area contributed by atoms with Crippen LogP contribution in [0, 0.1) is 5.92 Å². The van der Waals surface area contributed by atoms with Crippen molar-refractivity contribution in [3.05, 3.63) is 35.3 Å². The second-order valence-corrected chi connectivity index (χ2v) is 7.22. The van der Waals surface area contributed by atoms with Crippen LogP contribution in [-0.2, 0) is 11.8 Å². The summed E-state index contributed by atoms with van der Waals surface area (Å²) in [4.78, 5) is 4.60. The van der Waals surface area contributed by atoms with Crippen molar-refractivity contribution in [1.82, 2.24) is 9.38 Å². The van der Waals surface area contributed by atoms with Gasteiger partial charge in [-0.25, -0.2) is 4.98 Å². The third-order valence-corrected chi connectivity index (χ3v) is 4.51. The van der Waals surface area contributed by atoms with E-state index < -0.39 is 0 Å². The van der Waals surface area contributed by atoms with Gasteiger partial charge in [0.2, 0.25) is 0 Å². The molecule has 0 spiro atoms. The third-order valence-electron chi connectivity index (χ3n) is 4.51. The molecule has 0 aromatic carbocycles. The molecule has 1 atom stereocenters. The Bertz CT molecular complexity index is 614. The molecule has 3 rings (SSSR count). The summed E-state index contributed by atoms with van der Waals surface area (Å²) < 4.78 is 2.33. The number of hydrogen-bond donors (Lipinski definition) is 0. The lowest BCUT2D eigenvalue weighted by Crippen LogP contribution is -2.15. The molecule has 0 saturated heterocycles. The van der Waals surface area contributed by atoms with Crippen molar-refractivity contribution in [1.29, 1.82) is 0 Å². The molecule has 1 aliphatic rings. The van der Waals surface area contributed by atoms with Gasteiger partial charge in [0.25, 0.3) is 0 Å². The van der Waals surface area contributed by atoms with Crippen molar-refractivity contribution in [2.24, 2.45) is 5.92 Å². The highest BCUT2D eigenvalue weighted by Crippen LogP contribution is 2.41. The van der Waals surface area contributed by atoms with E-state index in [1.54, 1.807) is 5.56 Å². The summed E-state index contributed by atoms with van der Waals surface area (Å²) in [5.41, 5.74) is 5.72. The smallest absolute Gasteiger partial charge is 0.140 e. The van der Waals surface area contributed by atoms with Crippen LogP contribution in [0.3, 0.4) is 0 Å². The highest BCUT2D eigenvalue weighted by molar-refractivity contribution is 5.56. The Labute approximate surface area is 115 Å². The van der Waals surface area contributed by atoms with Crippen LogP contribution < -0.4 is 0 Å². The summed E-state index contributed by atoms with van der Waals surface area (Å²) >= 11 is 0. The summed E-state index contributed by atoms with van der Waals surface area (Å²) in [5, 5.41) is 0. The zero-order chi connectivity index (χ0) is 13.8. The molecule has 19 heavy (non-hydrogen) atoms.